The van der Waals surface area contributed by atoms with Crippen LogP contribution in [0.1, 0.15) is 40.0 Å². The average Bonchev–Trinajstić information content (AvgIpc) is 2.86. The Morgan fingerprint density at radius 2 is 1.85 bits per heavy atom. The number of anilines is 1. The number of esters is 1. The van der Waals surface area contributed by atoms with Crippen LogP contribution in [0.25, 0.3) is 10.9 Å². The van der Waals surface area contributed by atoms with Gasteiger partial charge in [0.05, 0.1) is 11.1 Å². The van der Waals surface area contributed by atoms with Gasteiger partial charge in [0.2, 0.25) is 0 Å². The average molecular weight is 445 g/mol. The van der Waals surface area contributed by atoms with Crippen molar-refractivity contribution in [3.8, 4) is 0 Å². The van der Waals surface area contributed by atoms with Crippen molar-refractivity contribution in [3.05, 3.63) is 65.0 Å². The molecule has 0 unspecified atom stereocenters. The molecular weight excluding hydrogens is 416 g/mol. The number of ether oxygens (including phenoxy) is 1. The van der Waals surface area contributed by atoms with Gasteiger partial charge in [-0.05, 0) is 62.4 Å². The molecule has 3 heterocycles. The van der Waals surface area contributed by atoms with E-state index < -0.39 is 5.97 Å². The molecule has 170 valence electrons. The topological polar surface area (TPSA) is 75.6 Å². The van der Waals surface area contributed by atoms with Crippen LogP contribution in [0.2, 0.25) is 0 Å². The van der Waals surface area contributed by atoms with Crippen LogP contribution in [0.3, 0.4) is 0 Å². The van der Waals surface area contributed by atoms with E-state index >= 15 is 0 Å². The maximum atomic E-state index is 13.2. The zero-order valence-corrected chi connectivity index (χ0v) is 18.9. The first-order chi connectivity index (χ1) is 16.1. The van der Waals surface area contributed by atoms with E-state index in [1.165, 1.54) is 0 Å². The Labute approximate surface area is 193 Å². The highest BCUT2D eigenvalue weighted by Crippen LogP contribution is 2.30. The fraction of sp³-hybridized carbons (Fsp3) is 0.385. The molecule has 1 saturated heterocycles. The molecule has 0 spiro atoms. The van der Waals surface area contributed by atoms with Crippen LogP contribution in [0.5, 0.6) is 0 Å². The molecule has 7 heteroatoms. The monoisotopic (exact) mass is 444 g/mol. The number of hydrogen-bond acceptors (Lipinski definition) is 6. The molecule has 1 aliphatic heterocycles. The van der Waals surface area contributed by atoms with E-state index in [0.717, 1.165) is 59.2 Å². The normalized spacial score (nSPS) is 15.9. The summed E-state index contributed by atoms with van der Waals surface area (Å²) < 4.78 is 5.58. The first-order valence-electron chi connectivity index (χ1n) is 11.6. The molecule has 0 saturated carbocycles. The van der Waals surface area contributed by atoms with Gasteiger partial charge in [-0.25, -0.2) is 9.78 Å². The Kier molecular flexibility index (Phi) is 5.94. The number of carbonyl (C=O) groups is 2. The van der Waals surface area contributed by atoms with E-state index in [1.807, 2.05) is 43.3 Å². The highest BCUT2D eigenvalue weighted by atomic mass is 16.5. The van der Waals surface area contributed by atoms with Gasteiger partial charge in [0.1, 0.15) is 5.82 Å². The predicted octanol–water partition coefficient (Wildman–Crippen LogP) is 3.32. The highest BCUT2D eigenvalue weighted by molar-refractivity contribution is 6.05. The SMILES string of the molecule is Cc1ccc2nc3c(c(C(=O)OCC(=O)N4CCN(c5ccccn5)CC4)c2c1)CCCC3. The van der Waals surface area contributed by atoms with Gasteiger partial charge >= 0.3 is 5.97 Å². The van der Waals surface area contributed by atoms with Crippen LogP contribution < -0.4 is 4.90 Å². The molecule has 1 aromatic carbocycles. The molecule has 1 aliphatic carbocycles. The summed E-state index contributed by atoms with van der Waals surface area (Å²) in [5.74, 6) is 0.333. The van der Waals surface area contributed by atoms with Gasteiger partial charge in [-0.1, -0.05) is 17.7 Å². The molecule has 33 heavy (non-hydrogen) atoms. The van der Waals surface area contributed by atoms with Crippen molar-refractivity contribution in [3.63, 3.8) is 0 Å². The van der Waals surface area contributed by atoms with Crippen molar-refractivity contribution in [2.75, 3.05) is 37.7 Å². The smallest absolute Gasteiger partial charge is 0.339 e. The van der Waals surface area contributed by atoms with E-state index in [4.69, 9.17) is 9.72 Å². The van der Waals surface area contributed by atoms with E-state index in [-0.39, 0.29) is 12.5 Å². The lowest BCUT2D eigenvalue weighted by molar-refractivity contribution is -0.134. The second-order valence-corrected chi connectivity index (χ2v) is 8.77. The molecule has 0 atom stereocenters. The Morgan fingerprint density at radius 3 is 2.64 bits per heavy atom. The number of fused-ring (bicyclic) bond motifs is 2. The second-order valence-electron chi connectivity index (χ2n) is 8.77. The summed E-state index contributed by atoms with van der Waals surface area (Å²) in [5.41, 5.74) is 4.44. The number of rotatable bonds is 4. The van der Waals surface area contributed by atoms with Gasteiger partial charge in [0, 0.05) is 43.5 Å². The van der Waals surface area contributed by atoms with Crippen molar-refractivity contribution in [1.29, 1.82) is 0 Å². The number of benzene rings is 1. The molecule has 1 amide bonds. The van der Waals surface area contributed by atoms with E-state index in [9.17, 15) is 9.59 Å². The van der Waals surface area contributed by atoms with Crippen molar-refractivity contribution < 1.29 is 14.3 Å². The number of hydrogen-bond donors (Lipinski definition) is 0. The number of carbonyl (C=O) groups excluding carboxylic acids is 2. The van der Waals surface area contributed by atoms with Crippen molar-refractivity contribution in [2.45, 2.75) is 32.6 Å². The van der Waals surface area contributed by atoms with Gasteiger partial charge in [-0.15, -0.1) is 0 Å². The number of aryl methyl sites for hydroxylation is 2. The van der Waals surface area contributed by atoms with Crippen LogP contribution in [0.15, 0.2) is 42.6 Å². The van der Waals surface area contributed by atoms with Crippen molar-refractivity contribution in [1.82, 2.24) is 14.9 Å². The molecule has 3 aromatic rings. The summed E-state index contributed by atoms with van der Waals surface area (Å²) in [6, 6.07) is 11.8. The lowest BCUT2D eigenvalue weighted by atomic mass is 9.89. The first-order valence-corrected chi connectivity index (χ1v) is 11.6. The standard InChI is InChI=1S/C26H28N4O3/c1-18-9-10-22-20(16-18)25(19-6-2-3-7-21(19)28-22)26(32)33-17-24(31)30-14-12-29(13-15-30)23-8-4-5-11-27-23/h4-5,8-11,16H,2-3,6-7,12-15,17H2,1H3. The van der Waals surface area contributed by atoms with Crippen LogP contribution in [0.4, 0.5) is 5.82 Å². The zero-order valence-electron chi connectivity index (χ0n) is 18.9. The fourth-order valence-electron chi connectivity index (χ4n) is 4.79. The van der Waals surface area contributed by atoms with Gasteiger partial charge in [-0.3, -0.25) is 9.78 Å². The van der Waals surface area contributed by atoms with Gasteiger partial charge in [0.15, 0.2) is 6.61 Å². The fourth-order valence-corrected chi connectivity index (χ4v) is 4.79. The molecule has 0 radical (unpaired) electrons. The number of aromatic nitrogens is 2. The minimum Gasteiger partial charge on any atom is -0.452 e. The molecule has 0 N–H and O–H groups in total. The summed E-state index contributed by atoms with van der Waals surface area (Å²) in [4.78, 5) is 39.1. The van der Waals surface area contributed by atoms with Crippen LogP contribution in [-0.4, -0.2) is 59.5 Å². The zero-order chi connectivity index (χ0) is 22.8. The summed E-state index contributed by atoms with van der Waals surface area (Å²) >= 11 is 0. The molecule has 5 rings (SSSR count). The first kappa shape index (κ1) is 21.4. The second kappa shape index (κ2) is 9.17. The molecule has 7 nitrogen and oxygen atoms in total. The van der Waals surface area contributed by atoms with Crippen LogP contribution >= 0.6 is 0 Å². The number of piperazine rings is 1. The van der Waals surface area contributed by atoms with Gasteiger partial charge in [-0.2, -0.15) is 0 Å². The third-order valence-electron chi connectivity index (χ3n) is 6.55. The maximum absolute atomic E-state index is 13.2. The lowest BCUT2D eigenvalue weighted by Gasteiger charge is -2.35. The van der Waals surface area contributed by atoms with Crippen molar-refractivity contribution >= 4 is 28.6 Å². The summed E-state index contributed by atoms with van der Waals surface area (Å²) in [6.07, 6.45) is 5.58. The molecule has 0 bridgehead atoms. The molecular formula is C26H28N4O3. The third-order valence-corrected chi connectivity index (χ3v) is 6.55. The Balaban J connectivity index is 1.28. The molecule has 1 fully saturated rings. The minimum atomic E-state index is -0.424. The summed E-state index contributed by atoms with van der Waals surface area (Å²) in [6.45, 7) is 4.34. The molecule has 2 aliphatic rings. The number of pyridine rings is 2. The third kappa shape index (κ3) is 4.40. The Hall–Kier alpha value is -3.48. The maximum Gasteiger partial charge on any atom is 0.339 e. The number of nitrogens with zero attached hydrogens (tertiary/aromatic N) is 4. The summed E-state index contributed by atoms with van der Waals surface area (Å²) in [5, 5.41) is 0.817. The van der Waals surface area contributed by atoms with Crippen LogP contribution in [0, 0.1) is 6.92 Å². The minimum absolute atomic E-state index is 0.160. The quantitative estimate of drug-likeness (QED) is 0.575. The van der Waals surface area contributed by atoms with E-state index in [2.05, 4.69) is 9.88 Å². The van der Waals surface area contributed by atoms with Gasteiger partial charge in [0.25, 0.3) is 5.91 Å². The van der Waals surface area contributed by atoms with E-state index in [1.54, 1.807) is 11.1 Å². The molecule has 2 aromatic heterocycles. The van der Waals surface area contributed by atoms with Crippen molar-refractivity contribution in [2.24, 2.45) is 0 Å². The predicted molar refractivity (Wildman–Crippen MR) is 126 cm³/mol. The summed E-state index contributed by atoms with van der Waals surface area (Å²) in [7, 11) is 0. The Bertz CT molecular complexity index is 1190. The number of amides is 1. The van der Waals surface area contributed by atoms with Crippen LogP contribution in [-0.2, 0) is 22.4 Å². The largest absolute Gasteiger partial charge is 0.452 e. The lowest BCUT2D eigenvalue weighted by Crippen LogP contribution is -2.50. The van der Waals surface area contributed by atoms with Gasteiger partial charge < -0.3 is 14.5 Å². The Morgan fingerprint density at radius 1 is 1.03 bits per heavy atom. The highest BCUT2D eigenvalue weighted by Gasteiger charge is 2.26. The van der Waals surface area contributed by atoms with E-state index in [0.29, 0.717) is 31.7 Å².